The highest BCUT2D eigenvalue weighted by Crippen LogP contribution is 2.33. The Labute approximate surface area is 259 Å². The van der Waals surface area contributed by atoms with E-state index in [0.717, 1.165) is 57.5 Å². The predicted octanol–water partition coefficient (Wildman–Crippen LogP) is 9.91. The summed E-state index contributed by atoms with van der Waals surface area (Å²) in [6, 6.07) is 32.7. The number of ether oxygens (including phenoxy) is 2. The smallest absolute Gasteiger partial charge is 0.118 e. The summed E-state index contributed by atoms with van der Waals surface area (Å²) in [5.74, 6) is 1.51. The number of rotatable bonds is 12. The second-order valence-corrected chi connectivity index (χ2v) is 10.9. The van der Waals surface area contributed by atoms with Crippen molar-refractivity contribution in [2.45, 2.75) is 45.6 Å². The molecule has 0 N–H and O–H groups in total. The normalized spacial score (nSPS) is 11.8. The first-order valence-corrected chi connectivity index (χ1v) is 15.2. The van der Waals surface area contributed by atoms with Crippen LogP contribution in [0.1, 0.15) is 61.3 Å². The van der Waals surface area contributed by atoms with Gasteiger partial charge in [0.1, 0.15) is 11.5 Å². The van der Waals surface area contributed by atoms with Crippen LogP contribution in [0.5, 0.6) is 11.5 Å². The lowest BCUT2D eigenvalue weighted by Gasteiger charge is -2.08. The van der Waals surface area contributed by atoms with Crippen molar-refractivity contribution in [1.29, 1.82) is 10.5 Å². The van der Waals surface area contributed by atoms with E-state index in [1.807, 2.05) is 60.7 Å². The van der Waals surface area contributed by atoms with Crippen LogP contribution >= 0.6 is 0 Å². The van der Waals surface area contributed by atoms with Gasteiger partial charge in [-0.3, -0.25) is 0 Å². The molecule has 0 spiro atoms. The molecule has 220 valence electrons. The van der Waals surface area contributed by atoms with Crippen LogP contribution in [0.25, 0.3) is 45.1 Å². The quantitative estimate of drug-likeness (QED) is 0.0838. The van der Waals surface area contributed by atoms with Gasteiger partial charge in [0.05, 0.1) is 37.5 Å². The molecule has 0 atom stereocenters. The van der Waals surface area contributed by atoms with Crippen LogP contribution in [0.3, 0.4) is 0 Å². The van der Waals surface area contributed by atoms with Gasteiger partial charge in [-0.05, 0) is 114 Å². The summed E-state index contributed by atoms with van der Waals surface area (Å²) in [6.45, 7) is 3.18. The molecule has 0 saturated heterocycles. The molecule has 0 fully saturated rings. The summed E-state index contributed by atoms with van der Waals surface area (Å²) in [7, 11) is 3.27. The van der Waals surface area contributed by atoms with E-state index < -0.39 is 0 Å². The number of nitrogens with zero attached hydrogens (tertiary/aromatic N) is 3. The van der Waals surface area contributed by atoms with Gasteiger partial charge in [0.2, 0.25) is 0 Å². The molecule has 0 aliphatic rings. The largest absolute Gasteiger partial charge is 0.497 e. The third-order valence-electron chi connectivity index (χ3n) is 8.06. The lowest BCUT2D eigenvalue weighted by molar-refractivity contribution is 0.414. The van der Waals surface area contributed by atoms with E-state index in [9.17, 15) is 10.5 Å². The van der Waals surface area contributed by atoms with Crippen LogP contribution in [0, 0.1) is 22.7 Å². The summed E-state index contributed by atoms with van der Waals surface area (Å²) in [5.41, 5.74) is 7.14. The van der Waals surface area contributed by atoms with Crippen molar-refractivity contribution in [2.75, 3.05) is 14.2 Å². The van der Waals surface area contributed by atoms with Crippen molar-refractivity contribution < 1.29 is 9.47 Å². The van der Waals surface area contributed by atoms with Gasteiger partial charge in [-0.1, -0.05) is 44.7 Å². The van der Waals surface area contributed by atoms with Crippen LogP contribution < -0.4 is 9.47 Å². The number of aryl methyl sites for hydroxylation is 1. The fourth-order valence-electron chi connectivity index (χ4n) is 5.67. The predicted molar refractivity (Wildman–Crippen MR) is 181 cm³/mol. The number of hydrogen-bond donors (Lipinski definition) is 0. The first-order valence-electron chi connectivity index (χ1n) is 15.2. The van der Waals surface area contributed by atoms with E-state index in [1.54, 1.807) is 14.2 Å². The van der Waals surface area contributed by atoms with Gasteiger partial charge >= 0.3 is 0 Å². The Bertz CT molecular complexity index is 1760. The van der Waals surface area contributed by atoms with E-state index in [2.05, 4.69) is 60.0 Å². The van der Waals surface area contributed by atoms with E-state index in [4.69, 9.17) is 9.47 Å². The average molecular weight is 580 g/mol. The van der Waals surface area contributed by atoms with Gasteiger partial charge in [0.15, 0.2) is 0 Å². The van der Waals surface area contributed by atoms with Crippen molar-refractivity contribution in [2.24, 2.45) is 0 Å². The topological polar surface area (TPSA) is 71.0 Å². The van der Waals surface area contributed by atoms with E-state index >= 15 is 0 Å². The highest BCUT2D eigenvalue weighted by molar-refractivity contribution is 6.10. The van der Waals surface area contributed by atoms with Gasteiger partial charge in [-0.15, -0.1) is 0 Å². The highest BCUT2D eigenvalue weighted by atomic mass is 16.5. The summed E-state index contributed by atoms with van der Waals surface area (Å²) in [5, 5.41) is 22.2. The monoisotopic (exact) mass is 579 g/mol. The van der Waals surface area contributed by atoms with E-state index in [1.165, 1.54) is 36.7 Å². The minimum atomic E-state index is 0.591. The van der Waals surface area contributed by atoms with E-state index in [0.29, 0.717) is 11.1 Å². The number of nitriles is 2. The minimum absolute atomic E-state index is 0.591. The molecule has 1 heterocycles. The molecule has 0 aliphatic heterocycles. The number of allylic oxidation sites excluding steroid dienone is 2. The molecule has 0 saturated carbocycles. The molecule has 0 unspecified atom stereocenters. The summed E-state index contributed by atoms with van der Waals surface area (Å²) >= 11 is 0. The fourth-order valence-corrected chi connectivity index (χ4v) is 5.67. The molecular weight excluding hydrogens is 542 g/mol. The number of fused-ring (bicyclic) bond motifs is 3. The molecule has 44 heavy (non-hydrogen) atoms. The maximum absolute atomic E-state index is 9.99. The molecular formula is C39H37N3O2. The van der Waals surface area contributed by atoms with Crippen molar-refractivity contribution >= 4 is 45.1 Å². The Morgan fingerprint density at radius 3 is 1.50 bits per heavy atom. The standard InChI is InChI=1S/C39H37N3O2/c1-4-5-6-7-8-21-42-38-19-9-28(22-32(26-40)30-11-15-34(43-2)16-12-30)24-36(38)37-25-29(10-20-39(37)42)23-33(27-41)31-13-17-35(44-3)18-14-31/h9-20,22-25H,4-8,21H2,1-3H3/b32-22+,33-23+. The van der Waals surface area contributed by atoms with Crippen LogP contribution in [0.15, 0.2) is 84.9 Å². The molecule has 0 amide bonds. The molecule has 5 rings (SSSR count). The molecule has 1 aromatic heterocycles. The zero-order valence-electron chi connectivity index (χ0n) is 25.6. The van der Waals surface area contributed by atoms with Crippen molar-refractivity contribution in [3.05, 3.63) is 107 Å². The van der Waals surface area contributed by atoms with Crippen LogP contribution in [-0.4, -0.2) is 18.8 Å². The Morgan fingerprint density at radius 1 is 0.636 bits per heavy atom. The first kappa shape index (κ1) is 30.2. The highest BCUT2D eigenvalue weighted by Gasteiger charge is 2.13. The third-order valence-corrected chi connectivity index (χ3v) is 8.06. The molecule has 0 radical (unpaired) electrons. The lowest BCUT2D eigenvalue weighted by atomic mass is 10.0. The van der Waals surface area contributed by atoms with Crippen LogP contribution in [0.2, 0.25) is 0 Å². The third kappa shape index (κ3) is 6.69. The summed E-state index contributed by atoms with van der Waals surface area (Å²) in [6.07, 6.45) is 9.95. The van der Waals surface area contributed by atoms with E-state index in [-0.39, 0.29) is 0 Å². The maximum atomic E-state index is 9.99. The Morgan fingerprint density at radius 2 is 1.09 bits per heavy atom. The Kier molecular flexibility index (Phi) is 9.80. The number of hydrogen-bond acceptors (Lipinski definition) is 4. The molecule has 5 heteroatoms. The first-order chi connectivity index (χ1) is 21.6. The molecule has 0 bridgehead atoms. The lowest BCUT2D eigenvalue weighted by Crippen LogP contribution is -1.97. The van der Waals surface area contributed by atoms with Gasteiger partial charge in [0.25, 0.3) is 0 Å². The molecule has 4 aromatic carbocycles. The van der Waals surface area contributed by atoms with Crippen molar-refractivity contribution in [3.63, 3.8) is 0 Å². The summed E-state index contributed by atoms with van der Waals surface area (Å²) < 4.78 is 13.0. The molecule has 0 aliphatic carbocycles. The number of unbranched alkanes of at least 4 members (excludes halogenated alkanes) is 4. The molecule has 5 nitrogen and oxygen atoms in total. The van der Waals surface area contributed by atoms with Gasteiger partial charge < -0.3 is 14.0 Å². The molecule has 5 aromatic rings. The minimum Gasteiger partial charge on any atom is -0.497 e. The second kappa shape index (κ2) is 14.3. The Balaban J connectivity index is 1.59. The Hall–Kier alpha value is -5.26. The number of aromatic nitrogens is 1. The van der Waals surface area contributed by atoms with Crippen molar-refractivity contribution in [1.82, 2.24) is 4.57 Å². The zero-order chi connectivity index (χ0) is 30.9. The fraction of sp³-hybridized carbons (Fsp3) is 0.231. The SMILES string of the molecule is CCCCCCCn1c2ccc(/C=C(\C#N)c3ccc(OC)cc3)cc2c2cc(/C=C(\C#N)c3ccc(OC)cc3)ccc21. The average Bonchev–Trinajstić information content (AvgIpc) is 3.38. The van der Waals surface area contributed by atoms with Crippen molar-refractivity contribution in [3.8, 4) is 23.6 Å². The maximum Gasteiger partial charge on any atom is 0.118 e. The van der Waals surface area contributed by atoms with Crippen LogP contribution in [0.4, 0.5) is 0 Å². The van der Waals surface area contributed by atoms with Gasteiger partial charge in [0, 0.05) is 28.4 Å². The summed E-state index contributed by atoms with van der Waals surface area (Å²) in [4.78, 5) is 0. The number of benzene rings is 4. The number of methoxy groups -OCH3 is 2. The van der Waals surface area contributed by atoms with Gasteiger partial charge in [-0.25, -0.2) is 0 Å². The van der Waals surface area contributed by atoms with Gasteiger partial charge in [-0.2, -0.15) is 10.5 Å². The zero-order valence-corrected chi connectivity index (χ0v) is 25.6. The second-order valence-electron chi connectivity index (χ2n) is 10.9. The van der Waals surface area contributed by atoms with Crippen LogP contribution in [-0.2, 0) is 6.54 Å².